The average Bonchev–Trinajstić information content (AvgIpc) is 3.49. The van der Waals surface area contributed by atoms with Gasteiger partial charge in [-0.05, 0) is 37.3 Å². The Morgan fingerprint density at radius 3 is 2.93 bits per heavy atom. The first-order chi connectivity index (χ1) is 14.2. The number of aryl methyl sites for hydroxylation is 1. The first-order valence-corrected chi connectivity index (χ1v) is 9.37. The fourth-order valence-electron chi connectivity index (χ4n) is 3.43. The van der Waals surface area contributed by atoms with Crippen molar-refractivity contribution >= 4 is 5.91 Å². The number of benzene rings is 1. The van der Waals surface area contributed by atoms with Gasteiger partial charge in [-0.15, -0.1) is 5.10 Å². The van der Waals surface area contributed by atoms with Crippen molar-refractivity contribution in [2.45, 2.75) is 19.4 Å². The van der Waals surface area contributed by atoms with Crippen LogP contribution in [0.25, 0.3) is 11.3 Å². The third-order valence-electron chi connectivity index (χ3n) is 4.97. The number of aromatic amines is 1. The van der Waals surface area contributed by atoms with E-state index in [2.05, 4.69) is 20.4 Å². The normalized spacial score (nSPS) is 17.6. The van der Waals surface area contributed by atoms with E-state index in [1.165, 1.54) is 0 Å². The molecule has 0 spiro atoms. The first-order valence-electron chi connectivity index (χ1n) is 9.37. The molecule has 0 radical (unpaired) electrons. The van der Waals surface area contributed by atoms with Gasteiger partial charge in [-0.3, -0.25) is 9.89 Å². The standard InChI is InChI=1S/C20H19N5O4/c1-12-2-5-19(24-21-12)29-14-6-7-25(10-14)20(26)16-9-15(22-23-16)13-3-4-17-18(8-13)28-11-27-17/h2-5,8-9,14H,6-7,10-11H2,1H3,(H,22,23). The summed E-state index contributed by atoms with van der Waals surface area (Å²) in [7, 11) is 0. The number of carbonyl (C=O) groups is 1. The minimum atomic E-state index is -0.106. The van der Waals surface area contributed by atoms with Gasteiger partial charge in [0.2, 0.25) is 12.7 Å². The lowest BCUT2D eigenvalue weighted by molar-refractivity contribution is 0.0765. The van der Waals surface area contributed by atoms with Gasteiger partial charge in [0, 0.05) is 24.6 Å². The van der Waals surface area contributed by atoms with Gasteiger partial charge in [-0.1, -0.05) is 0 Å². The Morgan fingerprint density at radius 2 is 2.07 bits per heavy atom. The molecule has 29 heavy (non-hydrogen) atoms. The van der Waals surface area contributed by atoms with Gasteiger partial charge >= 0.3 is 0 Å². The number of ether oxygens (including phenoxy) is 3. The zero-order chi connectivity index (χ0) is 19.8. The summed E-state index contributed by atoms with van der Waals surface area (Å²) in [5.74, 6) is 1.76. The van der Waals surface area contributed by atoms with Crippen LogP contribution in [0.3, 0.4) is 0 Å². The average molecular weight is 393 g/mol. The fourth-order valence-corrected chi connectivity index (χ4v) is 3.43. The molecular formula is C20H19N5O4. The molecule has 0 aliphatic carbocycles. The zero-order valence-electron chi connectivity index (χ0n) is 15.8. The molecule has 2 aliphatic rings. The van der Waals surface area contributed by atoms with Crippen LogP contribution in [-0.4, -0.2) is 57.2 Å². The Kier molecular flexibility index (Phi) is 4.27. The molecule has 1 atom stereocenters. The van der Waals surface area contributed by atoms with Crippen molar-refractivity contribution in [3.05, 3.63) is 47.8 Å². The van der Waals surface area contributed by atoms with Crippen molar-refractivity contribution in [3.8, 4) is 28.6 Å². The van der Waals surface area contributed by atoms with E-state index >= 15 is 0 Å². The van der Waals surface area contributed by atoms with E-state index in [1.807, 2.05) is 31.2 Å². The molecule has 1 aromatic carbocycles. The second-order valence-corrected chi connectivity index (χ2v) is 7.03. The predicted octanol–water partition coefficient (Wildman–Crippen LogP) is 2.20. The Bertz CT molecular complexity index is 1050. The van der Waals surface area contributed by atoms with Crippen molar-refractivity contribution in [2.75, 3.05) is 19.9 Å². The van der Waals surface area contributed by atoms with Gasteiger partial charge in [0.1, 0.15) is 11.8 Å². The molecule has 5 rings (SSSR count). The Labute approximate surface area is 166 Å². The number of amides is 1. The molecule has 9 heteroatoms. The van der Waals surface area contributed by atoms with Crippen molar-refractivity contribution in [1.29, 1.82) is 0 Å². The van der Waals surface area contributed by atoms with E-state index in [0.29, 0.717) is 41.9 Å². The highest BCUT2D eigenvalue weighted by molar-refractivity contribution is 5.93. The smallest absolute Gasteiger partial charge is 0.272 e. The number of hydrogen-bond donors (Lipinski definition) is 1. The second-order valence-electron chi connectivity index (χ2n) is 7.03. The summed E-state index contributed by atoms with van der Waals surface area (Å²) in [4.78, 5) is 14.6. The molecule has 3 aromatic rings. The summed E-state index contributed by atoms with van der Waals surface area (Å²) in [6, 6.07) is 11.0. The van der Waals surface area contributed by atoms with E-state index in [4.69, 9.17) is 14.2 Å². The molecule has 1 saturated heterocycles. The Balaban J connectivity index is 1.25. The third-order valence-corrected chi connectivity index (χ3v) is 4.97. The lowest BCUT2D eigenvalue weighted by Crippen LogP contribution is -2.31. The van der Waals surface area contributed by atoms with Gasteiger partial charge in [0.15, 0.2) is 11.5 Å². The van der Waals surface area contributed by atoms with E-state index in [9.17, 15) is 4.79 Å². The maximum atomic E-state index is 12.8. The lowest BCUT2D eigenvalue weighted by Gasteiger charge is -2.15. The topological polar surface area (TPSA) is 102 Å². The molecule has 0 saturated carbocycles. The van der Waals surface area contributed by atoms with Crippen molar-refractivity contribution in [1.82, 2.24) is 25.3 Å². The highest BCUT2D eigenvalue weighted by atomic mass is 16.7. The molecule has 1 amide bonds. The Morgan fingerprint density at radius 1 is 1.17 bits per heavy atom. The maximum absolute atomic E-state index is 12.8. The number of nitrogens with zero attached hydrogens (tertiary/aromatic N) is 4. The monoisotopic (exact) mass is 393 g/mol. The molecule has 2 aliphatic heterocycles. The van der Waals surface area contributed by atoms with Crippen LogP contribution < -0.4 is 14.2 Å². The summed E-state index contributed by atoms with van der Waals surface area (Å²) in [5, 5.41) is 15.1. The van der Waals surface area contributed by atoms with Gasteiger partial charge < -0.3 is 19.1 Å². The number of nitrogens with one attached hydrogen (secondary N) is 1. The van der Waals surface area contributed by atoms with Crippen LogP contribution >= 0.6 is 0 Å². The van der Waals surface area contributed by atoms with Crippen LogP contribution in [0.15, 0.2) is 36.4 Å². The maximum Gasteiger partial charge on any atom is 0.272 e. The number of carbonyl (C=O) groups excluding carboxylic acids is 1. The Hall–Kier alpha value is -3.62. The number of likely N-dealkylation sites (tertiary alicyclic amines) is 1. The van der Waals surface area contributed by atoms with Gasteiger partial charge in [-0.2, -0.15) is 10.2 Å². The summed E-state index contributed by atoms with van der Waals surface area (Å²) >= 11 is 0. The SMILES string of the molecule is Cc1ccc(OC2CCN(C(=O)c3cc(-c4ccc5c(c4)OCO5)n[nH]3)C2)nn1. The molecule has 2 aromatic heterocycles. The van der Waals surface area contributed by atoms with Gasteiger partial charge in [0.05, 0.1) is 17.9 Å². The molecule has 1 N–H and O–H groups in total. The van der Waals surface area contributed by atoms with Crippen LogP contribution in [0, 0.1) is 6.92 Å². The molecule has 1 unspecified atom stereocenters. The van der Waals surface area contributed by atoms with Crippen molar-refractivity contribution in [2.24, 2.45) is 0 Å². The van der Waals surface area contributed by atoms with Crippen LogP contribution in [-0.2, 0) is 0 Å². The van der Waals surface area contributed by atoms with Crippen molar-refractivity contribution in [3.63, 3.8) is 0 Å². The van der Waals surface area contributed by atoms with E-state index < -0.39 is 0 Å². The summed E-state index contributed by atoms with van der Waals surface area (Å²) < 4.78 is 16.6. The fraction of sp³-hybridized carbons (Fsp3) is 0.300. The molecule has 0 bridgehead atoms. The van der Waals surface area contributed by atoms with E-state index in [-0.39, 0.29) is 18.8 Å². The second kappa shape index (κ2) is 7.08. The van der Waals surface area contributed by atoms with Crippen LogP contribution in [0.4, 0.5) is 0 Å². The predicted molar refractivity (Wildman–Crippen MR) is 102 cm³/mol. The van der Waals surface area contributed by atoms with Gasteiger partial charge in [-0.25, -0.2) is 0 Å². The molecule has 1 fully saturated rings. The molecular weight excluding hydrogens is 374 g/mol. The van der Waals surface area contributed by atoms with Crippen LogP contribution in [0.5, 0.6) is 17.4 Å². The molecule has 9 nitrogen and oxygen atoms in total. The van der Waals surface area contributed by atoms with Crippen molar-refractivity contribution < 1.29 is 19.0 Å². The third kappa shape index (κ3) is 3.46. The van der Waals surface area contributed by atoms with Gasteiger partial charge in [0.25, 0.3) is 5.91 Å². The lowest BCUT2D eigenvalue weighted by atomic mass is 10.1. The minimum Gasteiger partial charge on any atom is -0.471 e. The number of fused-ring (bicyclic) bond motifs is 1. The molecule has 148 valence electrons. The zero-order valence-corrected chi connectivity index (χ0v) is 15.8. The number of H-pyrrole nitrogens is 1. The summed E-state index contributed by atoms with van der Waals surface area (Å²) in [6.07, 6.45) is 0.636. The number of aromatic nitrogens is 4. The van der Waals surface area contributed by atoms with E-state index in [0.717, 1.165) is 17.7 Å². The van der Waals surface area contributed by atoms with E-state index in [1.54, 1.807) is 17.0 Å². The molecule has 4 heterocycles. The first kappa shape index (κ1) is 17.5. The number of hydrogen-bond acceptors (Lipinski definition) is 7. The van der Waals surface area contributed by atoms with Crippen LogP contribution in [0.2, 0.25) is 0 Å². The number of rotatable bonds is 4. The minimum absolute atomic E-state index is 0.104. The highest BCUT2D eigenvalue weighted by Gasteiger charge is 2.29. The van der Waals surface area contributed by atoms with Crippen LogP contribution in [0.1, 0.15) is 22.6 Å². The largest absolute Gasteiger partial charge is 0.471 e. The summed E-state index contributed by atoms with van der Waals surface area (Å²) in [5.41, 5.74) is 2.80. The summed E-state index contributed by atoms with van der Waals surface area (Å²) in [6.45, 7) is 3.19. The highest BCUT2D eigenvalue weighted by Crippen LogP contribution is 2.35. The quantitative estimate of drug-likeness (QED) is 0.725.